The molecule has 0 aliphatic carbocycles. The fourth-order valence-corrected chi connectivity index (χ4v) is 2.49. The van der Waals surface area contributed by atoms with E-state index in [0.29, 0.717) is 11.7 Å². The molecule has 0 bridgehead atoms. The number of ether oxygens (including phenoxy) is 1. The Balaban J connectivity index is 2.14. The topological polar surface area (TPSA) is 69.0 Å². The molecule has 0 fully saturated rings. The SMILES string of the molecule is C=C/C=C(\C=C)SNC(=O)c1ccc(-n2ccc(OC)n2)nc1Cl. The first kappa shape index (κ1) is 17.8. The van der Waals surface area contributed by atoms with Crippen LogP contribution in [0.5, 0.6) is 5.88 Å². The maximum Gasteiger partial charge on any atom is 0.264 e. The summed E-state index contributed by atoms with van der Waals surface area (Å²) in [7, 11) is 1.52. The van der Waals surface area contributed by atoms with Crippen LogP contribution in [0.3, 0.4) is 0 Å². The highest BCUT2D eigenvalue weighted by atomic mass is 35.5. The van der Waals surface area contributed by atoms with E-state index in [0.717, 1.165) is 16.9 Å². The van der Waals surface area contributed by atoms with Crippen LogP contribution >= 0.6 is 23.5 Å². The third-order valence-electron chi connectivity index (χ3n) is 2.83. The summed E-state index contributed by atoms with van der Waals surface area (Å²) in [6.45, 7) is 7.25. The van der Waals surface area contributed by atoms with Crippen molar-refractivity contribution < 1.29 is 9.53 Å². The highest BCUT2D eigenvalue weighted by molar-refractivity contribution is 8.01. The quantitative estimate of drug-likeness (QED) is 0.463. The number of allylic oxidation sites excluding steroid dienone is 3. The van der Waals surface area contributed by atoms with Crippen LogP contribution in [-0.2, 0) is 0 Å². The summed E-state index contributed by atoms with van der Waals surface area (Å²) >= 11 is 7.24. The van der Waals surface area contributed by atoms with Crippen LogP contribution in [0.25, 0.3) is 5.82 Å². The van der Waals surface area contributed by atoms with Crippen LogP contribution in [0.1, 0.15) is 10.4 Å². The zero-order chi connectivity index (χ0) is 17.5. The molecule has 124 valence electrons. The molecule has 2 aromatic rings. The van der Waals surface area contributed by atoms with Crippen molar-refractivity contribution in [1.29, 1.82) is 0 Å². The lowest BCUT2D eigenvalue weighted by molar-refractivity contribution is 0.0984. The molecule has 2 heterocycles. The molecule has 0 saturated heterocycles. The first-order valence-electron chi connectivity index (χ1n) is 6.78. The van der Waals surface area contributed by atoms with Gasteiger partial charge in [0.2, 0.25) is 5.88 Å². The summed E-state index contributed by atoms with van der Waals surface area (Å²) in [6, 6.07) is 4.92. The molecule has 0 atom stereocenters. The third-order valence-corrected chi connectivity index (χ3v) is 3.95. The summed E-state index contributed by atoms with van der Waals surface area (Å²) in [5.41, 5.74) is 0.258. The first-order chi connectivity index (χ1) is 11.6. The number of nitrogens with one attached hydrogen (secondary N) is 1. The lowest BCUT2D eigenvalue weighted by Crippen LogP contribution is -2.17. The lowest BCUT2D eigenvalue weighted by atomic mass is 10.3. The van der Waals surface area contributed by atoms with E-state index >= 15 is 0 Å². The van der Waals surface area contributed by atoms with E-state index in [-0.39, 0.29) is 16.6 Å². The van der Waals surface area contributed by atoms with Gasteiger partial charge in [-0.1, -0.05) is 36.9 Å². The van der Waals surface area contributed by atoms with E-state index in [1.807, 2.05) is 0 Å². The van der Waals surface area contributed by atoms with Gasteiger partial charge in [-0.2, -0.15) is 0 Å². The smallest absolute Gasteiger partial charge is 0.264 e. The number of nitrogens with zero attached hydrogens (tertiary/aromatic N) is 3. The molecule has 0 aliphatic heterocycles. The average Bonchev–Trinajstić information content (AvgIpc) is 3.07. The Bertz CT molecular complexity index is 801. The van der Waals surface area contributed by atoms with Gasteiger partial charge in [-0.05, 0) is 30.2 Å². The number of aromatic nitrogens is 3. The number of hydrogen-bond donors (Lipinski definition) is 1. The van der Waals surface area contributed by atoms with Crippen LogP contribution in [-0.4, -0.2) is 27.8 Å². The van der Waals surface area contributed by atoms with Gasteiger partial charge in [0, 0.05) is 17.2 Å². The van der Waals surface area contributed by atoms with Gasteiger partial charge in [0.1, 0.15) is 5.15 Å². The first-order valence-corrected chi connectivity index (χ1v) is 7.97. The van der Waals surface area contributed by atoms with Crippen molar-refractivity contribution in [3.63, 3.8) is 0 Å². The Hall–Kier alpha value is -2.51. The molecule has 0 radical (unpaired) electrons. The van der Waals surface area contributed by atoms with Gasteiger partial charge in [-0.25, -0.2) is 9.67 Å². The minimum atomic E-state index is -0.362. The van der Waals surface area contributed by atoms with Crippen molar-refractivity contribution in [3.8, 4) is 11.7 Å². The van der Waals surface area contributed by atoms with Crippen molar-refractivity contribution in [3.05, 3.63) is 71.4 Å². The largest absolute Gasteiger partial charge is 0.480 e. The predicted octanol–water partition coefficient (Wildman–Crippen LogP) is 3.56. The number of carbonyl (C=O) groups excluding carboxylic acids is 1. The van der Waals surface area contributed by atoms with E-state index in [1.165, 1.54) is 11.8 Å². The van der Waals surface area contributed by atoms with E-state index < -0.39 is 0 Å². The van der Waals surface area contributed by atoms with Crippen LogP contribution in [0, 0.1) is 0 Å². The Morgan fingerprint density at radius 3 is 2.79 bits per heavy atom. The molecule has 0 saturated carbocycles. The van der Waals surface area contributed by atoms with Gasteiger partial charge in [0.25, 0.3) is 5.91 Å². The molecule has 24 heavy (non-hydrogen) atoms. The second-order valence-corrected chi connectivity index (χ2v) is 5.59. The van der Waals surface area contributed by atoms with Crippen molar-refractivity contribution in [2.45, 2.75) is 0 Å². The second-order valence-electron chi connectivity index (χ2n) is 4.35. The maximum atomic E-state index is 12.2. The Morgan fingerprint density at radius 1 is 1.42 bits per heavy atom. The fraction of sp³-hybridized carbons (Fsp3) is 0.0625. The molecule has 0 unspecified atom stereocenters. The van der Waals surface area contributed by atoms with E-state index in [2.05, 4.69) is 28.0 Å². The third kappa shape index (κ3) is 4.27. The molecule has 2 rings (SSSR count). The zero-order valence-corrected chi connectivity index (χ0v) is 14.5. The summed E-state index contributed by atoms with van der Waals surface area (Å²) in [6.07, 6.45) is 6.63. The molecule has 0 aromatic carbocycles. The Morgan fingerprint density at radius 2 is 2.21 bits per heavy atom. The number of halogens is 1. The fourth-order valence-electron chi connectivity index (χ4n) is 1.69. The van der Waals surface area contributed by atoms with Gasteiger partial charge in [0.05, 0.1) is 12.7 Å². The molecular formula is C16H15ClN4O2S. The van der Waals surface area contributed by atoms with Gasteiger partial charge in [0.15, 0.2) is 5.82 Å². The summed E-state index contributed by atoms with van der Waals surface area (Å²) in [4.78, 5) is 17.1. The van der Waals surface area contributed by atoms with E-state index in [4.69, 9.17) is 16.3 Å². The zero-order valence-electron chi connectivity index (χ0n) is 12.9. The molecule has 1 N–H and O–H groups in total. The van der Waals surface area contributed by atoms with Gasteiger partial charge < -0.3 is 4.74 Å². The van der Waals surface area contributed by atoms with Crippen molar-refractivity contribution in [2.24, 2.45) is 0 Å². The number of rotatable bonds is 7. The minimum absolute atomic E-state index is 0.0768. The van der Waals surface area contributed by atoms with Gasteiger partial charge in [-0.15, -0.1) is 5.10 Å². The molecule has 6 nitrogen and oxygen atoms in total. The Labute approximate surface area is 149 Å². The molecule has 0 spiro atoms. The number of pyridine rings is 1. The minimum Gasteiger partial charge on any atom is -0.480 e. The molecule has 8 heteroatoms. The lowest BCUT2D eigenvalue weighted by Gasteiger charge is -2.07. The molecular weight excluding hydrogens is 348 g/mol. The summed E-state index contributed by atoms with van der Waals surface area (Å²) < 4.78 is 9.19. The van der Waals surface area contributed by atoms with Crippen LogP contribution in [0.2, 0.25) is 5.15 Å². The summed E-state index contributed by atoms with van der Waals surface area (Å²) in [5, 5.41) is 4.22. The van der Waals surface area contributed by atoms with Crippen LogP contribution in [0.4, 0.5) is 0 Å². The van der Waals surface area contributed by atoms with Crippen LogP contribution in [0.15, 0.2) is 60.7 Å². The monoisotopic (exact) mass is 362 g/mol. The molecule has 0 aliphatic rings. The number of amides is 1. The summed E-state index contributed by atoms with van der Waals surface area (Å²) in [5.74, 6) is 0.571. The van der Waals surface area contributed by atoms with Crippen molar-refractivity contribution in [2.75, 3.05) is 7.11 Å². The Kier molecular flexibility index (Phi) is 6.22. The molecule has 1 amide bonds. The average molecular weight is 363 g/mol. The van der Waals surface area contributed by atoms with Crippen molar-refractivity contribution >= 4 is 29.5 Å². The van der Waals surface area contributed by atoms with Crippen molar-refractivity contribution in [1.82, 2.24) is 19.5 Å². The second kappa shape index (κ2) is 8.37. The standard InChI is InChI=1S/C16H15ClN4O2S/c1-4-6-11(5-2)24-20-16(22)12-7-8-13(18-15(12)17)21-10-9-14(19-21)23-3/h4-10H,1-2H2,3H3,(H,20,22)/b11-6+. The predicted molar refractivity (Wildman–Crippen MR) is 96.5 cm³/mol. The highest BCUT2D eigenvalue weighted by Crippen LogP contribution is 2.19. The molecule has 2 aromatic heterocycles. The van der Waals surface area contributed by atoms with E-state index in [9.17, 15) is 4.79 Å². The number of hydrogen-bond acceptors (Lipinski definition) is 5. The highest BCUT2D eigenvalue weighted by Gasteiger charge is 2.14. The van der Waals surface area contributed by atoms with Crippen LogP contribution < -0.4 is 9.46 Å². The van der Waals surface area contributed by atoms with Gasteiger partial charge in [-0.3, -0.25) is 9.52 Å². The number of carbonyl (C=O) groups is 1. The van der Waals surface area contributed by atoms with E-state index in [1.54, 1.807) is 42.6 Å². The normalized spacial score (nSPS) is 11.0. The number of methoxy groups -OCH3 is 1. The van der Waals surface area contributed by atoms with Gasteiger partial charge >= 0.3 is 0 Å². The maximum absolute atomic E-state index is 12.2.